The molecular formula is C16H25N. The minimum absolute atomic E-state index is 0.247. The second-order valence-corrected chi connectivity index (χ2v) is 6.32. The zero-order valence-electron chi connectivity index (χ0n) is 11.6. The molecule has 1 heterocycles. The molecule has 0 aliphatic carbocycles. The van der Waals surface area contributed by atoms with Crippen molar-refractivity contribution >= 4 is 0 Å². The Morgan fingerprint density at radius 1 is 1.18 bits per heavy atom. The van der Waals surface area contributed by atoms with E-state index in [9.17, 15) is 0 Å². The van der Waals surface area contributed by atoms with Gasteiger partial charge in [0.25, 0.3) is 0 Å². The maximum atomic E-state index is 3.65. The predicted octanol–water partition coefficient (Wildman–Crippen LogP) is 4.11. The fourth-order valence-electron chi connectivity index (χ4n) is 2.60. The van der Waals surface area contributed by atoms with Crippen molar-refractivity contribution in [3.05, 3.63) is 34.9 Å². The minimum Gasteiger partial charge on any atom is -0.310 e. The highest BCUT2D eigenvalue weighted by molar-refractivity contribution is 5.36. The van der Waals surface area contributed by atoms with Crippen molar-refractivity contribution in [2.24, 2.45) is 0 Å². The molecule has 1 atom stereocenters. The third-order valence-electron chi connectivity index (χ3n) is 3.83. The van der Waals surface area contributed by atoms with Gasteiger partial charge in [0.05, 0.1) is 0 Å². The number of aryl methyl sites for hydroxylation is 1. The van der Waals surface area contributed by atoms with Gasteiger partial charge in [0.2, 0.25) is 0 Å². The highest BCUT2D eigenvalue weighted by Crippen LogP contribution is 2.30. The van der Waals surface area contributed by atoms with Crippen LogP contribution >= 0.6 is 0 Å². The first-order valence-electron chi connectivity index (χ1n) is 6.83. The number of rotatable bonds is 1. The van der Waals surface area contributed by atoms with Crippen molar-refractivity contribution in [2.45, 2.75) is 58.4 Å². The smallest absolute Gasteiger partial charge is 0.0322 e. The molecule has 1 nitrogen and oxygen atoms in total. The Bertz CT molecular complexity index is 381. The van der Waals surface area contributed by atoms with E-state index >= 15 is 0 Å². The number of piperidine rings is 1. The summed E-state index contributed by atoms with van der Waals surface area (Å²) in [5, 5.41) is 3.65. The third-order valence-corrected chi connectivity index (χ3v) is 3.83. The van der Waals surface area contributed by atoms with E-state index in [0.29, 0.717) is 6.04 Å². The molecule has 0 aromatic heterocycles. The summed E-state index contributed by atoms with van der Waals surface area (Å²) in [5.41, 5.74) is 4.64. The van der Waals surface area contributed by atoms with Crippen molar-refractivity contribution < 1.29 is 0 Å². The Labute approximate surface area is 106 Å². The van der Waals surface area contributed by atoms with Crippen molar-refractivity contribution in [3.63, 3.8) is 0 Å². The quantitative estimate of drug-likeness (QED) is 0.767. The average molecular weight is 231 g/mol. The summed E-state index contributed by atoms with van der Waals surface area (Å²) in [6, 6.07) is 7.55. The summed E-state index contributed by atoms with van der Waals surface area (Å²) in [6.07, 6.45) is 3.97. The van der Waals surface area contributed by atoms with Gasteiger partial charge in [-0.05, 0) is 48.4 Å². The van der Waals surface area contributed by atoms with Gasteiger partial charge in [-0.3, -0.25) is 0 Å². The third kappa shape index (κ3) is 2.90. The second-order valence-electron chi connectivity index (χ2n) is 6.32. The molecule has 1 aromatic rings. The van der Waals surface area contributed by atoms with Gasteiger partial charge < -0.3 is 5.32 Å². The van der Waals surface area contributed by atoms with Crippen LogP contribution in [0.4, 0.5) is 0 Å². The summed E-state index contributed by atoms with van der Waals surface area (Å²) >= 11 is 0. The van der Waals surface area contributed by atoms with Gasteiger partial charge in [0.15, 0.2) is 0 Å². The van der Waals surface area contributed by atoms with Crippen LogP contribution in [-0.2, 0) is 5.41 Å². The first-order valence-corrected chi connectivity index (χ1v) is 6.83. The Kier molecular flexibility index (Phi) is 3.58. The molecule has 1 aliphatic heterocycles. The van der Waals surface area contributed by atoms with Crippen molar-refractivity contribution in [1.82, 2.24) is 5.32 Å². The molecule has 1 N–H and O–H groups in total. The van der Waals surface area contributed by atoms with Crippen LogP contribution in [0.15, 0.2) is 18.2 Å². The van der Waals surface area contributed by atoms with Crippen molar-refractivity contribution in [2.75, 3.05) is 6.54 Å². The average Bonchev–Trinajstić information content (AvgIpc) is 2.29. The zero-order valence-corrected chi connectivity index (χ0v) is 11.6. The molecule has 94 valence electrons. The van der Waals surface area contributed by atoms with Gasteiger partial charge in [0.1, 0.15) is 0 Å². The van der Waals surface area contributed by atoms with E-state index in [4.69, 9.17) is 0 Å². The van der Waals surface area contributed by atoms with Crippen LogP contribution in [0.25, 0.3) is 0 Å². The van der Waals surface area contributed by atoms with Crippen LogP contribution in [0.2, 0.25) is 0 Å². The van der Waals surface area contributed by atoms with Crippen LogP contribution in [-0.4, -0.2) is 6.54 Å². The molecule has 0 bridgehead atoms. The summed E-state index contributed by atoms with van der Waals surface area (Å²) in [4.78, 5) is 0. The van der Waals surface area contributed by atoms with Gasteiger partial charge in [-0.25, -0.2) is 0 Å². The maximum absolute atomic E-state index is 3.65. The summed E-state index contributed by atoms with van der Waals surface area (Å²) < 4.78 is 0. The Morgan fingerprint density at radius 2 is 1.94 bits per heavy atom. The maximum Gasteiger partial charge on any atom is 0.0322 e. The van der Waals surface area contributed by atoms with Gasteiger partial charge in [-0.15, -0.1) is 0 Å². The van der Waals surface area contributed by atoms with E-state index in [1.807, 2.05) is 0 Å². The van der Waals surface area contributed by atoms with E-state index in [0.717, 1.165) is 0 Å². The topological polar surface area (TPSA) is 12.0 Å². The minimum atomic E-state index is 0.247. The number of hydrogen-bond donors (Lipinski definition) is 1. The van der Waals surface area contributed by atoms with Gasteiger partial charge in [-0.1, -0.05) is 45.4 Å². The SMILES string of the molecule is Cc1ccc(C(C)(C)C)cc1C1CCCCN1. The normalized spacial score (nSPS) is 21.5. The lowest BCUT2D eigenvalue weighted by Gasteiger charge is -2.28. The molecule has 2 rings (SSSR count). The lowest BCUT2D eigenvalue weighted by Crippen LogP contribution is -2.27. The van der Waals surface area contributed by atoms with Crippen molar-refractivity contribution in [1.29, 1.82) is 0 Å². The summed E-state index contributed by atoms with van der Waals surface area (Å²) in [5.74, 6) is 0. The van der Waals surface area contributed by atoms with E-state index in [1.165, 1.54) is 42.5 Å². The number of hydrogen-bond acceptors (Lipinski definition) is 1. The van der Waals surface area contributed by atoms with Crippen LogP contribution in [0, 0.1) is 6.92 Å². The molecule has 1 aliphatic rings. The predicted molar refractivity (Wildman–Crippen MR) is 74.5 cm³/mol. The van der Waals surface area contributed by atoms with Crippen molar-refractivity contribution in [3.8, 4) is 0 Å². The summed E-state index contributed by atoms with van der Waals surface area (Å²) in [7, 11) is 0. The second kappa shape index (κ2) is 4.81. The highest BCUT2D eigenvalue weighted by Gasteiger charge is 2.20. The molecule has 1 unspecified atom stereocenters. The van der Waals surface area contributed by atoms with Gasteiger partial charge >= 0.3 is 0 Å². The number of benzene rings is 1. The Balaban J connectivity index is 2.31. The zero-order chi connectivity index (χ0) is 12.5. The monoisotopic (exact) mass is 231 g/mol. The number of nitrogens with one attached hydrogen (secondary N) is 1. The highest BCUT2D eigenvalue weighted by atomic mass is 14.9. The molecule has 0 saturated carbocycles. The molecule has 0 spiro atoms. The molecule has 0 amide bonds. The summed E-state index contributed by atoms with van der Waals surface area (Å²) in [6.45, 7) is 10.3. The molecule has 0 radical (unpaired) electrons. The fourth-order valence-corrected chi connectivity index (χ4v) is 2.60. The van der Waals surface area contributed by atoms with E-state index in [-0.39, 0.29) is 5.41 Å². The molecular weight excluding hydrogens is 206 g/mol. The van der Waals surface area contributed by atoms with E-state index < -0.39 is 0 Å². The molecule has 1 aromatic carbocycles. The molecule has 1 fully saturated rings. The van der Waals surface area contributed by atoms with Gasteiger partial charge in [0, 0.05) is 6.04 Å². The Hall–Kier alpha value is -0.820. The van der Waals surface area contributed by atoms with E-state index in [2.05, 4.69) is 51.2 Å². The van der Waals surface area contributed by atoms with E-state index in [1.54, 1.807) is 0 Å². The van der Waals surface area contributed by atoms with Crippen LogP contribution in [0.5, 0.6) is 0 Å². The fraction of sp³-hybridized carbons (Fsp3) is 0.625. The molecule has 17 heavy (non-hydrogen) atoms. The van der Waals surface area contributed by atoms with Crippen LogP contribution < -0.4 is 5.32 Å². The first kappa shape index (κ1) is 12.6. The van der Waals surface area contributed by atoms with Crippen LogP contribution in [0.3, 0.4) is 0 Å². The lowest BCUT2D eigenvalue weighted by atomic mass is 9.83. The van der Waals surface area contributed by atoms with Crippen LogP contribution in [0.1, 0.15) is 62.8 Å². The lowest BCUT2D eigenvalue weighted by molar-refractivity contribution is 0.410. The van der Waals surface area contributed by atoms with Gasteiger partial charge in [-0.2, -0.15) is 0 Å². The first-order chi connectivity index (χ1) is 7.98. The largest absolute Gasteiger partial charge is 0.310 e. The Morgan fingerprint density at radius 3 is 2.53 bits per heavy atom. The molecule has 1 saturated heterocycles. The molecule has 1 heteroatoms. The standard InChI is InChI=1S/C16H25N/c1-12-8-9-13(16(2,3)4)11-14(12)15-7-5-6-10-17-15/h8-9,11,15,17H,5-7,10H2,1-4H3.